The third-order valence-electron chi connectivity index (χ3n) is 4.00. The highest BCUT2D eigenvalue weighted by Crippen LogP contribution is 2.33. The van der Waals surface area contributed by atoms with Crippen LogP contribution in [0.15, 0.2) is 18.2 Å². The fourth-order valence-electron chi connectivity index (χ4n) is 3.06. The largest absolute Gasteiger partial charge is 0.367 e. The van der Waals surface area contributed by atoms with Gasteiger partial charge in [0.1, 0.15) is 0 Å². The quantitative estimate of drug-likeness (QED) is 0.883. The lowest BCUT2D eigenvalue weighted by Crippen LogP contribution is -2.39. The van der Waals surface area contributed by atoms with Gasteiger partial charge in [-0.2, -0.15) is 0 Å². The Balaban J connectivity index is 2.18. The highest BCUT2D eigenvalue weighted by molar-refractivity contribution is 6.33. The van der Waals surface area contributed by atoms with Crippen molar-refractivity contribution < 1.29 is 0 Å². The summed E-state index contributed by atoms with van der Waals surface area (Å²) >= 11 is 6.48. The molecule has 0 aliphatic carbocycles. The van der Waals surface area contributed by atoms with Crippen LogP contribution in [-0.4, -0.2) is 19.1 Å². The Hall–Kier alpha value is -0.730. The smallest absolute Gasteiger partial charge is 0.0642 e. The summed E-state index contributed by atoms with van der Waals surface area (Å²) in [5, 5.41) is 0.883. The zero-order valence-electron chi connectivity index (χ0n) is 11.9. The molecule has 2 nitrogen and oxygen atoms in total. The molecule has 1 heterocycles. The summed E-state index contributed by atoms with van der Waals surface area (Å²) in [4.78, 5) is 2.52. The molecule has 0 saturated carbocycles. The fourth-order valence-corrected chi connectivity index (χ4v) is 3.37. The van der Waals surface area contributed by atoms with E-state index in [1.165, 1.54) is 43.4 Å². The van der Waals surface area contributed by atoms with Gasteiger partial charge < -0.3 is 10.6 Å². The molecule has 3 heteroatoms. The highest BCUT2D eigenvalue weighted by Gasteiger charge is 2.23. The lowest BCUT2D eigenvalue weighted by Gasteiger charge is -2.38. The minimum atomic E-state index is 0.664. The number of nitrogens with zero attached hydrogens (tertiary/aromatic N) is 1. The van der Waals surface area contributed by atoms with E-state index in [1.54, 1.807) is 0 Å². The molecule has 106 valence electrons. The Morgan fingerprint density at radius 3 is 2.89 bits per heavy atom. The van der Waals surface area contributed by atoms with Crippen molar-refractivity contribution in [1.29, 1.82) is 0 Å². The number of hydrogen-bond donors (Lipinski definition) is 1. The molecule has 1 fully saturated rings. The van der Waals surface area contributed by atoms with Crippen LogP contribution in [0.25, 0.3) is 0 Å². The number of piperidine rings is 1. The van der Waals surface area contributed by atoms with Crippen molar-refractivity contribution >= 4 is 17.3 Å². The topological polar surface area (TPSA) is 29.3 Å². The van der Waals surface area contributed by atoms with Gasteiger partial charge in [-0.05, 0) is 56.3 Å². The molecule has 1 unspecified atom stereocenters. The summed E-state index contributed by atoms with van der Waals surface area (Å²) in [6.07, 6.45) is 7.34. The molecule has 1 aromatic carbocycles. The van der Waals surface area contributed by atoms with E-state index < -0.39 is 0 Å². The number of nitrogens with two attached hydrogens (primary N) is 1. The Kier molecular flexibility index (Phi) is 5.53. The predicted octanol–water partition coefficient (Wildman–Crippen LogP) is 4.00. The molecule has 1 atom stereocenters. The zero-order chi connectivity index (χ0) is 13.7. The minimum absolute atomic E-state index is 0.664. The molecule has 0 radical (unpaired) electrons. The summed E-state index contributed by atoms with van der Waals surface area (Å²) in [6.45, 7) is 4.08. The lowest BCUT2D eigenvalue weighted by atomic mass is 9.97. The van der Waals surface area contributed by atoms with Crippen LogP contribution in [0.5, 0.6) is 0 Å². The van der Waals surface area contributed by atoms with Gasteiger partial charge in [0.05, 0.1) is 10.7 Å². The minimum Gasteiger partial charge on any atom is -0.367 e. The molecule has 2 N–H and O–H groups in total. The van der Waals surface area contributed by atoms with Gasteiger partial charge in [0, 0.05) is 12.6 Å². The first-order valence-corrected chi connectivity index (χ1v) is 7.89. The molecule has 1 aromatic rings. The molecule has 19 heavy (non-hydrogen) atoms. The van der Waals surface area contributed by atoms with Crippen molar-refractivity contribution in [2.75, 3.05) is 18.0 Å². The van der Waals surface area contributed by atoms with Crippen LogP contribution in [0.1, 0.15) is 44.6 Å². The molecule has 1 saturated heterocycles. The molecule has 0 bridgehead atoms. The van der Waals surface area contributed by atoms with E-state index in [4.69, 9.17) is 17.3 Å². The van der Waals surface area contributed by atoms with Crippen molar-refractivity contribution in [3.63, 3.8) is 0 Å². The van der Waals surface area contributed by atoms with Gasteiger partial charge in [0.2, 0.25) is 0 Å². The van der Waals surface area contributed by atoms with E-state index in [-0.39, 0.29) is 0 Å². The van der Waals surface area contributed by atoms with E-state index in [0.717, 1.165) is 18.0 Å². The van der Waals surface area contributed by atoms with Gasteiger partial charge >= 0.3 is 0 Å². The van der Waals surface area contributed by atoms with Crippen molar-refractivity contribution in [3.05, 3.63) is 28.8 Å². The van der Waals surface area contributed by atoms with Gasteiger partial charge in [-0.3, -0.25) is 0 Å². The number of hydrogen-bond acceptors (Lipinski definition) is 2. The van der Waals surface area contributed by atoms with Gasteiger partial charge in [-0.1, -0.05) is 31.0 Å². The SMILES string of the molecule is CCCC1CCCCN1c1ccc(CCN)cc1Cl. The van der Waals surface area contributed by atoms with E-state index in [2.05, 4.69) is 30.0 Å². The van der Waals surface area contributed by atoms with Gasteiger partial charge in [-0.25, -0.2) is 0 Å². The maximum Gasteiger partial charge on any atom is 0.0642 e. The van der Waals surface area contributed by atoms with Crippen LogP contribution < -0.4 is 10.6 Å². The average Bonchev–Trinajstić information content (AvgIpc) is 2.41. The summed E-state index contributed by atoms with van der Waals surface area (Å²) in [6, 6.07) is 7.10. The molecule has 0 aromatic heterocycles. The molecule has 2 rings (SSSR count). The molecular formula is C16H25ClN2. The second-order valence-electron chi connectivity index (χ2n) is 5.46. The summed E-state index contributed by atoms with van der Waals surface area (Å²) in [7, 11) is 0. The summed E-state index contributed by atoms with van der Waals surface area (Å²) < 4.78 is 0. The normalized spacial score (nSPS) is 19.7. The van der Waals surface area contributed by atoms with Crippen LogP contribution in [0, 0.1) is 0 Å². The number of halogens is 1. The zero-order valence-corrected chi connectivity index (χ0v) is 12.6. The van der Waals surface area contributed by atoms with Crippen LogP contribution >= 0.6 is 11.6 Å². The van der Waals surface area contributed by atoms with E-state index in [9.17, 15) is 0 Å². The monoisotopic (exact) mass is 280 g/mol. The second-order valence-corrected chi connectivity index (χ2v) is 5.86. The number of rotatable bonds is 5. The van der Waals surface area contributed by atoms with Crippen molar-refractivity contribution in [1.82, 2.24) is 0 Å². The van der Waals surface area contributed by atoms with Crippen molar-refractivity contribution in [2.24, 2.45) is 5.73 Å². The third-order valence-corrected chi connectivity index (χ3v) is 4.31. The molecule has 0 spiro atoms. The standard InChI is InChI=1S/C16H25ClN2/c1-2-5-14-6-3-4-11-19(14)16-8-7-13(9-10-18)12-15(16)17/h7-8,12,14H,2-6,9-11,18H2,1H3. The lowest BCUT2D eigenvalue weighted by molar-refractivity contribution is 0.435. The first kappa shape index (κ1) is 14.7. The van der Waals surface area contributed by atoms with E-state index >= 15 is 0 Å². The van der Waals surface area contributed by atoms with Crippen LogP contribution in [-0.2, 0) is 6.42 Å². The molecule has 1 aliphatic heterocycles. The Morgan fingerprint density at radius 1 is 1.37 bits per heavy atom. The van der Waals surface area contributed by atoms with Gasteiger partial charge in [0.15, 0.2) is 0 Å². The molecule has 0 amide bonds. The van der Waals surface area contributed by atoms with Crippen LogP contribution in [0.4, 0.5) is 5.69 Å². The molecular weight excluding hydrogens is 256 g/mol. The maximum atomic E-state index is 6.48. The van der Waals surface area contributed by atoms with Gasteiger partial charge in [0.25, 0.3) is 0 Å². The molecule has 1 aliphatic rings. The Morgan fingerprint density at radius 2 is 2.21 bits per heavy atom. The first-order valence-electron chi connectivity index (χ1n) is 7.51. The fraction of sp³-hybridized carbons (Fsp3) is 0.625. The Labute approximate surface area is 121 Å². The van der Waals surface area contributed by atoms with E-state index in [1.807, 2.05) is 0 Å². The average molecular weight is 281 g/mol. The maximum absolute atomic E-state index is 6.48. The van der Waals surface area contributed by atoms with Crippen molar-refractivity contribution in [2.45, 2.75) is 51.5 Å². The predicted molar refractivity (Wildman–Crippen MR) is 84.1 cm³/mol. The Bertz CT molecular complexity index is 404. The van der Waals surface area contributed by atoms with Crippen LogP contribution in [0.3, 0.4) is 0 Å². The highest BCUT2D eigenvalue weighted by atomic mass is 35.5. The summed E-state index contributed by atoms with van der Waals surface area (Å²) in [5.74, 6) is 0. The second kappa shape index (κ2) is 7.16. The number of benzene rings is 1. The van der Waals surface area contributed by atoms with Crippen molar-refractivity contribution in [3.8, 4) is 0 Å². The third kappa shape index (κ3) is 3.64. The number of anilines is 1. The van der Waals surface area contributed by atoms with E-state index in [0.29, 0.717) is 12.6 Å². The first-order chi connectivity index (χ1) is 9.26. The summed E-state index contributed by atoms with van der Waals surface area (Å²) in [5.41, 5.74) is 8.04. The van der Waals surface area contributed by atoms with Crippen LogP contribution in [0.2, 0.25) is 5.02 Å². The van der Waals surface area contributed by atoms with Gasteiger partial charge in [-0.15, -0.1) is 0 Å².